The van der Waals surface area contributed by atoms with Crippen LogP contribution < -0.4 is 10.9 Å². The van der Waals surface area contributed by atoms with Crippen LogP contribution in [0.15, 0.2) is 78.0 Å². The van der Waals surface area contributed by atoms with E-state index in [4.69, 9.17) is 0 Å². The van der Waals surface area contributed by atoms with E-state index < -0.39 is 17.2 Å². The molecule has 4 N–H and O–H groups in total. The number of carbonyl (C=O) groups excluding carboxylic acids is 1. The van der Waals surface area contributed by atoms with Gasteiger partial charge in [-0.25, -0.2) is 4.98 Å². The number of hydrogen-bond donors (Lipinski definition) is 2. The summed E-state index contributed by atoms with van der Waals surface area (Å²) in [5.74, 6) is -1.11. The van der Waals surface area contributed by atoms with Crippen molar-refractivity contribution < 1.29 is 15.4 Å². The number of benzene rings is 1. The zero-order chi connectivity index (χ0) is 18.8. The fraction of sp³-hybridized carbons (Fsp3) is 0. The number of aromatic hydroxyl groups is 1. The normalized spacial score (nSPS) is 10.3. The lowest BCUT2D eigenvalue weighted by Gasteiger charge is -2.14. The topological polar surface area (TPSA) is 129 Å². The molecule has 8 heteroatoms. The molecule has 0 saturated heterocycles. The zero-order valence-corrected chi connectivity index (χ0v) is 14.5. The summed E-state index contributed by atoms with van der Waals surface area (Å²) in [5.41, 5.74) is 0.273. The fourth-order valence-electron chi connectivity index (χ4n) is 2.85. The van der Waals surface area contributed by atoms with Gasteiger partial charge in [-0.05, 0) is 36.4 Å². The van der Waals surface area contributed by atoms with Crippen molar-refractivity contribution in [2.24, 2.45) is 0 Å². The molecule has 4 rings (SSSR count). The van der Waals surface area contributed by atoms with E-state index in [2.05, 4.69) is 15.3 Å². The Morgan fingerprint density at radius 1 is 0.964 bits per heavy atom. The van der Waals surface area contributed by atoms with Crippen molar-refractivity contribution in [1.29, 1.82) is 0 Å². The molecule has 140 valence electrons. The highest BCUT2D eigenvalue weighted by molar-refractivity contribution is 6.08. The molecule has 0 spiro atoms. The lowest BCUT2D eigenvalue weighted by atomic mass is 10.1. The average Bonchev–Trinajstić information content (AvgIpc) is 2.70. The van der Waals surface area contributed by atoms with Crippen molar-refractivity contribution in [3.8, 4) is 11.4 Å². The summed E-state index contributed by atoms with van der Waals surface area (Å²) in [5, 5.41) is 13.5. The first-order valence-corrected chi connectivity index (χ1v) is 8.16. The van der Waals surface area contributed by atoms with Crippen molar-refractivity contribution in [2.75, 3.05) is 5.32 Å². The minimum absolute atomic E-state index is 0. The number of para-hydroxylation sites is 1. The first-order chi connectivity index (χ1) is 13.2. The van der Waals surface area contributed by atoms with Crippen LogP contribution in [0.5, 0.6) is 5.75 Å². The number of fused-ring (bicyclic) bond motifs is 1. The molecule has 0 unspecified atom stereocenters. The second-order valence-corrected chi connectivity index (χ2v) is 5.76. The monoisotopic (exact) mass is 376 g/mol. The quantitative estimate of drug-likeness (QED) is 0.564. The molecule has 0 atom stereocenters. The Kier molecular flexibility index (Phi) is 5.14. The number of nitrogens with zero attached hydrogens (tertiary/aromatic N) is 3. The van der Waals surface area contributed by atoms with Gasteiger partial charge in [0.15, 0.2) is 5.65 Å². The van der Waals surface area contributed by atoms with Crippen LogP contribution in [-0.2, 0) is 0 Å². The highest BCUT2D eigenvalue weighted by atomic mass is 16.3. The number of nitrogens with one attached hydrogen (secondary N) is 1. The summed E-state index contributed by atoms with van der Waals surface area (Å²) in [6, 6.07) is 15.3. The number of hydrogen-bond acceptors (Lipinski definition) is 5. The van der Waals surface area contributed by atoms with Gasteiger partial charge in [-0.2, -0.15) is 0 Å². The van der Waals surface area contributed by atoms with Crippen LogP contribution in [0.2, 0.25) is 0 Å². The van der Waals surface area contributed by atoms with Gasteiger partial charge in [0.25, 0.3) is 11.5 Å². The first-order valence-electron chi connectivity index (χ1n) is 8.16. The number of amides is 1. The largest absolute Gasteiger partial charge is 0.506 e. The molecule has 8 nitrogen and oxygen atoms in total. The highest BCUT2D eigenvalue weighted by Gasteiger charge is 2.23. The van der Waals surface area contributed by atoms with E-state index in [1.165, 1.54) is 23.2 Å². The van der Waals surface area contributed by atoms with E-state index in [0.717, 1.165) is 0 Å². The number of anilines is 1. The average molecular weight is 376 g/mol. The lowest BCUT2D eigenvalue weighted by Crippen LogP contribution is -2.29. The van der Waals surface area contributed by atoms with E-state index in [-0.39, 0.29) is 16.7 Å². The minimum Gasteiger partial charge on any atom is -0.506 e. The third kappa shape index (κ3) is 3.19. The maximum Gasteiger partial charge on any atom is 0.273 e. The number of rotatable bonds is 3. The summed E-state index contributed by atoms with van der Waals surface area (Å²) >= 11 is 0. The predicted octanol–water partition coefficient (Wildman–Crippen LogP) is 1.91. The van der Waals surface area contributed by atoms with Crippen LogP contribution in [-0.4, -0.2) is 31.0 Å². The van der Waals surface area contributed by atoms with Crippen LogP contribution in [0.1, 0.15) is 10.4 Å². The molecule has 1 aromatic carbocycles. The molecular formula is C20H16N4O4. The molecular weight excluding hydrogens is 360 g/mol. The van der Waals surface area contributed by atoms with Gasteiger partial charge in [0.05, 0.1) is 11.1 Å². The van der Waals surface area contributed by atoms with Crippen LogP contribution in [0.4, 0.5) is 5.69 Å². The maximum atomic E-state index is 13.1. The minimum atomic E-state index is -0.709. The Hall–Kier alpha value is -4.04. The van der Waals surface area contributed by atoms with Gasteiger partial charge in [0.2, 0.25) is 0 Å². The molecule has 0 bridgehead atoms. The van der Waals surface area contributed by atoms with Crippen molar-refractivity contribution in [3.05, 3.63) is 89.1 Å². The molecule has 0 aliphatic carbocycles. The van der Waals surface area contributed by atoms with E-state index in [9.17, 15) is 14.7 Å². The van der Waals surface area contributed by atoms with Gasteiger partial charge in [0.1, 0.15) is 11.3 Å². The number of aromatic nitrogens is 3. The molecule has 4 aromatic rings. The van der Waals surface area contributed by atoms with Crippen molar-refractivity contribution >= 4 is 22.6 Å². The Balaban J connectivity index is 0.00000225. The Labute approximate surface area is 159 Å². The smallest absolute Gasteiger partial charge is 0.273 e. The molecule has 3 heterocycles. The molecule has 0 fully saturated rings. The Morgan fingerprint density at radius 2 is 1.68 bits per heavy atom. The number of pyridine rings is 3. The summed E-state index contributed by atoms with van der Waals surface area (Å²) in [6.45, 7) is 0. The zero-order valence-electron chi connectivity index (χ0n) is 14.5. The number of carbonyl (C=O) groups is 1. The van der Waals surface area contributed by atoms with Gasteiger partial charge in [-0.1, -0.05) is 18.2 Å². The predicted molar refractivity (Wildman–Crippen MR) is 105 cm³/mol. The lowest BCUT2D eigenvalue weighted by molar-refractivity contribution is 0.102. The Bertz CT molecular complexity index is 1190. The van der Waals surface area contributed by atoms with Crippen LogP contribution in [0.25, 0.3) is 16.7 Å². The molecule has 0 saturated carbocycles. The first kappa shape index (κ1) is 18.7. The summed E-state index contributed by atoms with van der Waals surface area (Å²) < 4.78 is 1.32. The molecule has 0 radical (unpaired) electrons. The van der Waals surface area contributed by atoms with E-state index >= 15 is 0 Å². The maximum absolute atomic E-state index is 13.1. The summed E-state index contributed by atoms with van der Waals surface area (Å²) in [7, 11) is 0. The summed E-state index contributed by atoms with van der Waals surface area (Å²) in [4.78, 5) is 34.0. The van der Waals surface area contributed by atoms with Gasteiger partial charge < -0.3 is 15.9 Å². The standard InChI is InChI=1S/C20H14N4O3.H2O/c25-17-15-7-4-10-22-18(15)24(14-5-2-1-3-6-14)20(27)16(17)19(26)23-13-8-11-21-12-9-13;/h1-12,25H,(H,21,23,26);1H2. The van der Waals surface area contributed by atoms with E-state index in [1.807, 2.05) is 6.07 Å². The fourth-order valence-corrected chi connectivity index (χ4v) is 2.85. The third-order valence-electron chi connectivity index (χ3n) is 4.09. The third-order valence-corrected chi connectivity index (χ3v) is 4.09. The SMILES string of the molecule is O.O=C(Nc1ccncc1)c1c(O)c2cccnc2n(-c2ccccc2)c1=O. The van der Waals surface area contributed by atoms with E-state index in [1.54, 1.807) is 48.5 Å². The molecule has 1 amide bonds. The van der Waals surface area contributed by atoms with Crippen LogP contribution in [0, 0.1) is 0 Å². The van der Waals surface area contributed by atoms with Gasteiger partial charge in [0, 0.05) is 24.3 Å². The Morgan fingerprint density at radius 3 is 2.39 bits per heavy atom. The second kappa shape index (κ2) is 7.68. The van der Waals surface area contributed by atoms with Gasteiger partial charge in [-0.3, -0.25) is 19.1 Å². The van der Waals surface area contributed by atoms with Gasteiger partial charge >= 0.3 is 0 Å². The highest BCUT2D eigenvalue weighted by Crippen LogP contribution is 2.27. The molecule has 0 aliphatic heterocycles. The van der Waals surface area contributed by atoms with Crippen LogP contribution in [0.3, 0.4) is 0 Å². The van der Waals surface area contributed by atoms with E-state index in [0.29, 0.717) is 16.8 Å². The van der Waals surface area contributed by atoms with Crippen LogP contribution >= 0.6 is 0 Å². The van der Waals surface area contributed by atoms with Crippen molar-refractivity contribution in [2.45, 2.75) is 0 Å². The molecule has 0 aliphatic rings. The van der Waals surface area contributed by atoms with Gasteiger partial charge in [-0.15, -0.1) is 0 Å². The summed E-state index contributed by atoms with van der Waals surface area (Å²) in [6.07, 6.45) is 4.56. The van der Waals surface area contributed by atoms with Crippen molar-refractivity contribution in [1.82, 2.24) is 14.5 Å². The molecule has 28 heavy (non-hydrogen) atoms. The van der Waals surface area contributed by atoms with Crippen molar-refractivity contribution in [3.63, 3.8) is 0 Å². The second-order valence-electron chi connectivity index (χ2n) is 5.76. The molecule has 3 aromatic heterocycles.